The molecule has 0 spiro atoms. The van der Waals surface area contributed by atoms with E-state index in [0.717, 1.165) is 22.8 Å². The van der Waals surface area contributed by atoms with Crippen LogP contribution >= 0.6 is 0 Å². The van der Waals surface area contributed by atoms with Crippen molar-refractivity contribution < 1.29 is 3.29 Å². The molecule has 0 aromatic carbocycles. The second kappa shape index (κ2) is 9.65. The Morgan fingerprint density at radius 3 is 1.58 bits per heavy atom. The Morgan fingerprint density at radius 1 is 0.833 bits per heavy atom. The number of halogens is 1. The van der Waals surface area contributed by atoms with Crippen LogP contribution in [-0.2, 0) is 0 Å². The maximum absolute atomic E-state index is 13.2. The van der Waals surface area contributed by atoms with Gasteiger partial charge in [-0.2, -0.15) is 0 Å². The van der Waals surface area contributed by atoms with Crippen molar-refractivity contribution in [3.05, 3.63) is 0 Å². The summed E-state index contributed by atoms with van der Waals surface area (Å²) in [6.45, 7) is 4.36. The topological polar surface area (TPSA) is 0 Å². The van der Waals surface area contributed by atoms with Crippen molar-refractivity contribution in [1.29, 1.82) is 0 Å². The SMILES string of the molecule is CCCC[CH2][Ga]([F])[CH2]CCCC. The fourth-order valence-electron chi connectivity index (χ4n) is 1.38. The summed E-state index contributed by atoms with van der Waals surface area (Å²) in [5.41, 5.74) is 0. The summed E-state index contributed by atoms with van der Waals surface area (Å²) in [4.78, 5) is 1.95. The molecule has 0 saturated heterocycles. The maximum atomic E-state index is 13.2. The van der Waals surface area contributed by atoms with Gasteiger partial charge in [0.1, 0.15) is 0 Å². The van der Waals surface area contributed by atoms with Crippen LogP contribution in [0.2, 0.25) is 9.95 Å². The molecule has 0 heterocycles. The van der Waals surface area contributed by atoms with E-state index in [9.17, 15) is 3.29 Å². The van der Waals surface area contributed by atoms with E-state index in [1.807, 2.05) is 0 Å². The average Bonchev–Trinajstić information content (AvgIpc) is 2.06. The van der Waals surface area contributed by atoms with Crippen molar-refractivity contribution in [1.82, 2.24) is 0 Å². The normalized spacial score (nSPS) is 10.2. The number of unbranched alkanes of at least 4 members (excludes halogenated alkanes) is 4. The summed E-state index contributed by atoms with van der Waals surface area (Å²) in [6, 6.07) is 0. The van der Waals surface area contributed by atoms with Gasteiger partial charge in [0.2, 0.25) is 0 Å². The van der Waals surface area contributed by atoms with Gasteiger partial charge in [0, 0.05) is 0 Å². The second-order valence-corrected chi connectivity index (χ2v) is 8.52. The zero-order valence-corrected chi connectivity index (χ0v) is 11.0. The summed E-state index contributed by atoms with van der Waals surface area (Å²) in [5, 5.41) is 0. The molecule has 0 aromatic rings. The first-order chi connectivity index (χ1) is 5.81. The van der Waals surface area contributed by atoms with Crippen molar-refractivity contribution in [2.24, 2.45) is 0 Å². The Hall–Kier alpha value is 0.566. The molecular formula is C10H22FGa. The van der Waals surface area contributed by atoms with Crippen LogP contribution in [0.15, 0.2) is 0 Å². The van der Waals surface area contributed by atoms with Crippen LogP contribution in [0.25, 0.3) is 0 Å². The molecule has 0 atom stereocenters. The van der Waals surface area contributed by atoms with Crippen LogP contribution in [0, 0.1) is 0 Å². The molecule has 0 bridgehead atoms. The third kappa shape index (κ3) is 8.66. The summed E-state index contributed by atoms with van der Waals surface area (Å²) < 4.78 is 13.2. The Morgan fingerprint density at radius 2 is 1.25 bits per heavy atom. The Labute approximate surface area is 82.6 Å². The molecule has 0 unspecified atom stereocenters. The van der Waals surface area contributed by atoms with Gasteiger partial charge in [-0.3, -0.25) is 0 Å². The molecule has 0 aliphatic rings. The molecule has 0 N–H and O–H groups in total. The summed E-state index contributed by atoms with van der Waals surface area (Å²) in [5.74, 6) is 0. The third-order valence-electron chi connectivity index (χ3n) is 2.24. The van der Waals surface area contributed by atoms with Crippen molar-refractivity contribution in [2.45, 2.75) is 62.3 Å². The molecule has 0 aliphatic carbocycles. The van der Waals surface area contributed by atoms with Gasteiger partial charge in [-0.15, -0.1) is 0 Å². The van der Waals surface area contributed by atoms with Crippen LogP contribution in [0.1, 0.15) is 52.4 Å². The first-order valence-electron chi connectivity index (χ1n) is 5.45. The zero-order valence-electron chi connectivity index (χ0n) is 8.61. The molecule has 72 valence electrons. The molecule has 12 heavy (non-hydrogen) atoms. The quantitative estimate of drug-likeness (QED) is 0.430. The van der Waals surface area contributed by atoms with E-state index in [1.165, 1.54) is 25.7 Å². The molecule has 0 aliphatic heterocycles. The van der Waals surface area contributed by atoms with Gasteiger partial charge in [0.05, 0.1) is 0 Å². The van der Waals surface area contributed by atoms with Crippen LogP contribution in [0.5, 0.6) is 0 Å². The van der Waals surface area contributed by atoms with Gasteiger partial charge in [-0.1, -0.05) is 0 Å². The van der Waals surface area contributed by atoms with Gasteiger partial charge in [-0.05, 0) is 0 Å². The van der Waals surface area contributed by atoms with E-state index in [4.69, 9.17) is 0 Å². The van der Waals surface area contributed by atoms with Crippen molar-refractivity contribution in [3.8, 4) is 0 Å². The van der Waals surface area contributed by atoms with Crippen molar-refractivity contribution >= 4 is 16.7 Å². The first-order valence-corrected chi connectivity index (χ1v) is 9.79. The van der Waals surface area contributed by atoms with E-state index in [1.54, 1.807) is 0 Å². The van der Waals surface area contributed by atoms with Crippen molar-refractivity contribution in [3.63, 3.8) is 0 Å². The zero-order chi connectivity index (χ0) is 9.23. The number of hydrogen-bond acceptors (Lipinski definition) is 0. The Balaban J connectivity index is 3.04. The molecule has 0 nitrogen and oxygen atoms in total. The molecule has 2 heteroatoms. The second-order valence-electron chi connectivity index (χ2n) is 3.59. The van der Waals surface area contributed by atoms with Gasteiger partial charge in [0.15, 0.2) is 0 Å². The monoisotopic (exact) mass is 230 g/mol. The molecule has 0 amide bonds. The minimum atomic E-state index is -2.20. The molecular weight excluding hydrogens is 209 g/mol. The Bertz CT molecular complexity index is 75.9. The average molecular weight is 231 g/mol. The standard InChI is InChI=1S/2C5H11.FH.Ga/c2*1-3-5-4-2;;/h2*1,3-5H2,2H3;1H;/q;;;+1/p-1. The van der Waals surface area contributed by atoms with Crippen LogP contribution in [0.3, 0.4) is 0 Å². The summed E-state index contributed by atoms with van der Waals surface area (Å²) in [7, 11) is 0. The van der Waals surface area contributed by atoms with E-state index in [2.05, 4.69) is 13.8 Å². The van der Waals surface area contributed by atoms with Crippen LogP contribution in [-0.4, -0.2) is 16.7 Å². The van der Waals surface area contributed by atoms with Gasteiger partial charge < -0.3 is 0 Å². The fourth-order valence-corrected chi connectivity index (χ4v) is 5.05. The number of hydrogen-bond donors (Lipinski definition) is 0. The first kappa shape index (κ1) is 12.6. The van der Waals surface area contributed by atoms with E-state index in [0.29, 0.717) is 0 Å². The van der Waals surface area contributed by atoms with Crippen LogP contribution < -0.4 is 0 Å². The van der Waals surface area contributed by atoms with Crippen LogP contribution in [0.4, 0.5) is 3.29 Å². The molecule has 0 aromatic heterocycles. The number of rotatable bonds is 8. The predicted octanol–water partition coefficient (Wildman–Crippen LogP) is 4.33. The fraction of sp³-hybridized carbons (Fsp3) is 1.00. The van der Waals surface area contributed by atoms with E-state index >= 15 is 0 Å². The van der Waals surface area contributed by atoms with E-state index in [-0.39, 0.29) is 0 Å². The molecule has 0 radical (unpaired) electrons. The molecule has 0 fully saturated rings. The van der Waals surface area contributed by atoms with Crippen molar-refractivity contribution in [2.75, 3.05) is 0 Å². The van der Waals surface area contributed by atoms with Gasteiger partial charge in [0.25, 0.3) is 0 Å². The third-order valence-corrected chi connectivity index (χ3v) is 6.58. The predicted molar refractivity (Wildman–Crippen MR) is 55.5 cm³/mol. The summed E-state index contributed by atoms with van der Waals surface area (Å²) in [6.07, 6.45) is 7.24. The van der Waals surface area contributed by atoms with Gasteiger partial charge >= 0.3 is 82.3 Å². The molecule has 0 saturated carbocycles. The van der Waals surface area contributed by atoms with Gasteiger partial charge in [-0.25, -0.2) is 0 Å². The van der Waals surface area contributed by atoms with E-state index < -0.39 is 16.7 Å². The minimum absolute atomic E-state index is 0.977. The Kier molecular flexibility index (Phi) is 10.1. The molecule has 0 rings (SSSR count). The summed E-state index contributed by atoms with van der Waals surface area (Å²) >= 11 is -2.20.